The van der Waals surface area contributed by atoms with Crippen LogP contribution >= 0.6 is 0 Å². The van der Waals surface area contributed by atoms with E-state index in [0.717, 1.165) is 0 Å². The van der Waals surface area contributed by atoms with Gasteiger partial charge >= 0.3 is 0 Å². The molecule has 6 nitrogen and oxygen atoms in total. The van der Waals surface area contributed by atoms with Crippen LogP contribution in [0.4, 0.5) is 0 Å². The van der Waals surface area contributed by atoms with Gasteiger partial charge in [0.15, 0.2) is 0 Å². The lowest BCUT2D eigenvalue weighted by Gasteiger charge is -2.32. The van der Waals surface area contributed by atoms with Gasteiger partial charge in [0.25, 0.3) is 5.56 Å². The fraction of sp³-hybridized carbons (Fsp3) is 0.391. The van der Waals surface area contributed by atoms with Crippen molar-refractivity contribution in [3.8, 4) is 0 Å². The average Bonchev–Trinajstić information content (AvgIpc) is 2.74. The summed E-state index contributed by atoms with van der Waals surface area (Å²) in [6, 6.07) is 15.1. The third kappa shape index (κ3) is 4.18. The summed E-state index contributed by atoms with van der Waals surface area (Å²) in [4.78, 5) is 18.1. The third-order valence-corrected chi connectivity index (χ3v) is 7.02. The molecule has 0 aliphatic heterocycles. The Morgan fingerprint density at radius 3 is 2.23 bits per heavy atom. The largest absolute Gasteiger partial charge is 0.295 e. The first-order valence-corrected chi connectivity index (χ1v) is 11.8. The molecule has 0 saturated carbocycles. The van der Waals surface area contributed by atoms with Crippen LogP contribution in [-0.4, -0.2) is 28.8 Å². The van der Waals surface area contributed by atoms with Gasteiger partial charge in [0, 0.05) is 13.1 Å². The molecule has 3 aromatic rings. The second-order valence-electron chi connectivity index (χ2n) is 7.74. The summed E-state index contributed by atoms with van der Waals surface area (Å²) >= 11 is 0. The predicted molar refractivity (Wildman–Crippen MR) is 120 cm³/mol. The Labute approximate surface area is 178 Å². The number of aromatic nitrogens is 2. The summed E-state index contributed by atoms with van der Waals surface area (Å²) in [5.74, 6) is 0.601. The lowest BCUT2D eigenvalue weighted by Crippen LogP contribution is -2.40. The van der Waals surface area contributed by atoms with Crippen LogP contribution in [0.3, 0.4) is 0 Å². The first-order chi connectivity index (χ1) is 14.3. The summed E-state index contributed by atoms with van der Waals surface area (Å²) < 4.78 is 30.3. The number of fused-ring (bicyclic) bond motifs is 1. The quantitative estimate of drug-likeness (QED) is 0.540. The second kappa shape index (κ2) is 9.10. The van der Waals surface area contributed by atoms with E-state index in [1.165, 1.54) is 4.31 Å². The zero-order valence-electron chi connectivity index (χ0n) is 17.9. The van der Waals surface area contributed by atoms with Crippen molar-refractivity contribution < 1.29 is 8.42 Å². The van der Waals surface area contributed by atoms with Crippen molar-refractivity contribution in [3.05, 3.63) is 70.8 Å². The Balaban J connectivity index is 2.24. The Morgan fingerprint density at radius 1 is 1.00 bits per heavy atom. The van der Waals surface area contributed by atoms with Crippen molar-refractivity contribution in [1.29, 1.82) is 0 Å². The molecule has 0 radical (unpaired) electrons. The van der Waals surface area contributed by atoms with E-state index in [2.05, 4.69) is 0 Å². The number of hydrogen-bond acceptors (Lipinski definition) is 4. The fourth-order valence-electron chi connectivity index (χ4n) is 3.74. The van der Waals surface area contributed by atoms with Gasteiger partial charge in [-0.15, -0.1) is 0 Å². The summed E-state index contributed by atoms with van der Waals surface area (Å²) in [5.41, 5.74) is 0.445. The molecular formula is C23H29N3O3S. The van der Waals surface area contributed by atoms with E-state index in [4.69, 9.17) is 4.98 Å². The lowest BCUT2D eigenvalue weighted by atomic mass is 10.1. The molecule has 7 heteroatoms. The number of nitrogens with zero attached hydrogens (tertiary/aromatic N) is 3. The van der Waals surface area contributed by atoms with Gasteiger partial charge in [0.05, 0.1) is 21.8 Å². The van der Waals surface area contributed by atoms with Crippen LogP contribution in [0.25, 0.3) is 10.9 Å². The Kier molecular flexibility index (Phi) is 6.73. The zero-order valence-corrected chi connectivity index (χ0v) is 18.8. The van der Waals surface area contributed by atoms with Crippen molar-refractivity contribution in [2.75, 3.05) is 6.54 Å². The van der Waals surface area contributed by atoms with Gasteiger partial charge in [0.1, 0.15) is 5.82 Å². The number of rotatable bonds is 8. The van der Waals surface area contributed by atoms with Crippen molar-refractivity contribution in [3.63, 3.8) is 0 Å². The fourth-order valence-corrected chi connectivity index (χ4v) is 5.59. The highest BCUT2D eigenvalue weighted by atomic mass is 32.2. The lowest BCUT2D eigenvalue weighted by molar-refractivity contribution is 0.270. The van der Waals surface area contributed by atoms with Crippen molar-refractivity contribution in [1.82, 2.24) is 13.9 Å². The topological polar surface area (TPSA) is 72.3 Å². The maximum atomic E-state index is 13.6. The van der Waals surface area contributed by atoms with Gasteiger partial charge in [-0.25, -0.2) is 13.4 Å². The van der Waals surface area contributed by atoms with E-state index in [-0.39, 0.29) is 16.4 Å². The van der Waals surface area contributed by atoms with Crippen LogP contribution in [0, 0.1) is 5.92 Å². The number of sulfonamides is 1. The molecule has 0 amide bonds. The van der Waals surface area contributed by atoms with E-state index >= 15 is 0 Å². The molecule has 0 spiro atoms. The average molecular weight is 428 g/mol. The molecule has 1 aromatic heterocycles. The number of para-hydroxylation sites is 1. The SMILES string of the molecule is CCC(c1nc2ccccc2c(=O)n1CC)N(CC(C)C)S(=O)(=O)c1ccccc1. The molecule has 160 valence electrons. The standard InChI is InChI=1S/C23H29N3O3S/c1-5-21(22-24-20-15-11-10-14-19(20)23(27)25(22)6-2)26(16-17(3)4)30(28,29)18-12-8-7-9-13-18/h7-15,17,21H,5-6,16H2,1-4H3. The highest BCUT2D eigenvalue weighted by molar-refractivity contribution is 7.89. The predicted octanol–water partition coefficient (Wildman–Crippen LogP) is 4.21. The third-order valence-electron chi connectivity index (χ3n) is 5.13. The van der Waals surface area contributed by atoms with Crippen LogP contribution in [-0.2, 0) is 16.6 Å². The maximum Gasteiger partial charge on any atom is 0.261 e. The van der Waals surface area contributed by atoms with Crippen molar-refractivity contribution >= 4 is 20.9 Å². The minimum absolute atomic E-state index is 0.111. The minimum Gasteiger partial charge on any atom is -0.295 e. The maximum absolute atomic E-state index is 13.6. The number of benzene rings is 2. The molecule has 0 N–H and O–H groups in total. The summed E-state index contributed by atoms with van der Waals surface area (Å²) in [6.07, 6.45) is 0.504. The first-order valence-electron chi connectivity index (χ1n) is 10.4. The molecule has 1 atom stereocenters. The molecule has 0 aliphatic carbocycles. The van der Waals surface area contributed by atoms with Crippen molar-refractivity contribution in [2.24, 2.45) is 5.92 Å². The van der Waals surface area contributed by atoms with Gasteiger partial charge in [-0.05, 0) is 43.5 Å². The smallest absolute Gasteiger partial charge is 0.261 e. The van der Waals surface area contributed by atoms with E-state index in [0.29, 0.717) is 36.2 Å². The van der Waals surface area contributed by atoms with E-state index < -0.39 is 16.1 Å². The highest BCUT2D eigenvalue weighted by Crippen LogP contribution is 2.30. The second-order valence-corrected chi connectivity index (χ2v) is 9.63. The van der Waals surface area contributed by atoms with Gasteiger partial charge in [-0.3, -0.25) is 9.36 Å². The molecule has 30 heavy (non-hydrogen) atoms. The Hall–Kier alpha value is -2.51. The van der Waals surface area contributed by atoms with E-state index in [1.807, 2.05) is 39.8 Å². The molecule has 0 bridgehead atoms. The van der Waals surface area contributed by atoms with Crippen LogP contribution in [0.1, 0.15) is 46.0 Å². The Bertz CT molecular complexity index is 1170. The van der Waals surface area contributed by atoms with E-state index in [9.17, 15) is 13.2 Å². The molecule has 1 unspecified atom stereocenters. The van der Waals surface area contributed by atoms with Gasteiger partial charge in [-0.1, -0.05) is 51.1 Å². The molecule has 1 heterocycles. The zero-order chi connectivity index (χ0) is 21.9. The first kappa shape index (κ1) is 22.2. The normalized spacial score (nSPS) is 13.3. The molecule has 0 saturated heterocycles. The van der Waals surface area contributed by atoms with Crippen molar-refractivity contribution in [2.45, 2.75) is 51.6 Å². The summed E-state index contributed by atoms with van der Waals surface area (Å²) in [5, 5.41) is 0.541. The highest BCUT2D eigenvalue weighted by Gasteiger charge is 2.34. The van der Waals surface area contributed by atoms with Crippen LogP contribution in [0.2, 0.25) is 0 Å². The van der Waals surface area contributed by atoms with Gasteiger partial charge < -0.3 is 0 Å². The van der Waals surface area contributed by atoms with Gasteiger partial charge in [-0.2, -0.15) is 4.31 Å². The molecule has 0 fully saturated rings. The molecule has 0 aliphatic rings. The van der Waals surface area contributed by atoms with Crippen LogP contribution in [0.5, 0.6) is 0 Å². The summed E-state index contributed by atoms with van der Waals surface area (Å²) in [6.45, 7) is 8.54. The Morgan fingerprint density at radius 2 is 1.63 bits per heavy atom. The molecule has 2 aromatic carbocycles. The van der Waals surface area contributed by atoms with Crippen LogP contribution in [0.15, 0.2) is 64.3 Å². The van der Waals surface area contributed by atoms with Gasteiger partial charge in [0.2, 0.25) is 10.0 Å². The minimum atomic E-state index is -3.77. The van der Waals surface area contributed by atoms with Crippen LogP contribution < -0.4 is 5.56 Å². The van der Waals surface area contributed by atoms with E-state index in [1.54, 1.807) is 47.0 Å². The molecular weight excluding hydrogens is 398 g/mol. The number of hydrogen-bond donors (Lipinski definition) is 0. The summed E-state index contributed by atoms with van der Waals surface area (Å²) in [7, 11) is -3.77. The molecule has 3 rings (SSSR count). The monoisotopic (exact) mass is 427 g/mol.